The van der Waals surface area contributed by atoms with Crippen molar-refractivity contribution in [1.29, 1.82) is 0 Å². The van der Waals surface area contributed by atoms with Crippen molar-refractivity contribution in [2.75, 3.05) is 6.54 Å². The minimum Gasteiger partial charge on any atom is -0.367 e. The monoisotopic (exact) mass is 219 g/mol. The lowest BCUT2D eigenvalue weighted by Gasteiger charge is -2.35. The first-order valence-electron chi connectivity index (χ1n) is 6.16. The van der Waals surface area contributed by atoms with Crippen LogP contribution in [0.4, 0.5) is 0 Å². The molecule has 0 aliphatic carbocycles. The average molecular weight is 219 g/mol. The maximum Gasteiger partial charge on any atom is 0.0979 e. The first kappa shape index (κ1) is 11.6. The summed E-state index contributed by atoms with van der Waals surface area (Å²) < 4.78 is 6.11. The summed E-state index contributed by atoms with van der Waals surface area (Å²) in [5, 5.41) is 3.52. The van der Waals surface area contributed by atoms with Gasteiger partial charge in [0.15, 0.2) is 0 Å². The lowest BCUT2D eigenvalue weighted by molar-refractivity contribution is -0.0622. The summed E-state index contributed by atoms with van der Waals surface area (Å²) in [7, 11) is 0. The van der Waals surface area contributed by atoms with Gasteiger partial charge in [-0.15, -0.1) is 0 Å². The van der Waals surface area contributed by atoms with E-state index in [1.807, 2.05) is 0 Å². The van der Waals surface area contributed by atoms with Crippen molar-refractivity contribution in [3.05, 3.63) is 35.4 Å². The molecule has 1 aliphatic rings. The second-order valence-corrected chi connectivity index (χ2v) is 4.69. The quantitative estimate of drug-likeness (QED) is 0.826. The van der Waals surface area contributed by atoms with E-state index in [0.717, 1.165) is 13.0 Å². The highest BCUT2D eigenvalue weighted by Gasteiger charge is 2.27. The summed E-state index contributed by atoms with van der Waals surface area (Å²) in [4.78, 5) is 0. The topological polar surface area (TPSA) is 21.3 Å². The zero-order chi connectivity index (χ0) is 11.5. The van der Waals surface area contributed by atoms with Crippen molar-refractivity contribution in [2.45, 2.75) is 45.4 Å². The Morgan fingerprint density at radius 1 is 1.31 bits per heavy atom. The van der Waals surface area contributed by atoms with Crippen LogP contribution in [0.5, 0.6) is 0 Å². The highest BCUT2D eigenvalue weighted by atomic mass is 16.5. The van der Waals surface area contributed by atoms with E-state index in [1.54, 1.807) is 0 Å². The zero-order valence-electron chi connectivity index (χ0n) is 10.4. The van der Waals surface area contributed by atoms with Crippen LogP contribution in [0.25, 0.3) is 0 Å². The molecule has 1 aromatic rings. The molecule has 1 aromatic carbocycles. The number of hydrogen-bond donors (Lipinski definition) is 1. The van der Waals surface area contributed by atoms with E-state index in [9.17, 15) is 0 Å². The molecule has 1 saturated heterocycles. The van der Waals surface area contributed by atoms with Gasteiger partial charge in [-0.05, 0) is 25.8 Å². The molecule has 2 heteroatoms. The molecular weight excluding hydrogens is 198 g/mol. The van der Waals surface area contributed by atoms with Crippen LogP contribution in [0.3, 0.4) is 0 Å². The van der Waals surface area contributed by atoms with Crippen molar-refractivity contribution in [3.8, 4) is 0 Å². The van der Waals surface area contributed by atoms with Gasteiger partial charge in [0, 0.05) is 12.6 Å². The van der Waals surface area contributed by atoms with Gasteiger partial charge in [-0.2, -0.15) is 0 Å². The van der Waals surface area contributed by atoms with Crippen LogP contribution in [0.15, 0.2) is 24.3 Å². The van der Waals surface area contributed by atoms with Crippen LogP contribution in [0.2, 0.25) is 0 Å². The van der Waals surface area contributed by atoms with E-state index in [4.69, 9.17) is 4.74 Å². The van der Waals surface area contributed by atoms with E-state index >= 15 is 0 Å². The smallest absolute Gasteiger partial charge is 0.0979 e. The molecule has 3 atom stereocenters. The second kappa shape index (κ2) is 4.98. The minimum absolute atomic E-state index is 0.194. The van der Waals surface area contributed by atoms with E-state index in [2.05, 4.69) is 50.4 Å². The number of nitrogens with one attached hydrogen (secondary N) is 1. The predicted octanol–water partition coefficient (Wildman–Crippen LogP) is 2.82. The molecule has 0 saturated carbocycles. The van der Waals surface area contributed by atoms with Gasteiger partial charge in [0.05, 0.1) is 12.2 Å². The predicted molar refractivity (Wildman–Crippen MR) is 66.5 cm³/mol. The highest BCUT2D eigenvalue weighted by Crippen LogP contribution is 2.27. The van der Waals surface area contributed by atoms with Crippen molar-refractivity contribution in [1.82, 2.24) is 5.32 Å². The number of aryl methyl sites for hydroxylation is 1. The fourth-order valence-corrected chi connectivity index (χ4v) is 2.16. The number of rotatable bonds is 2. The van der Waals surface area contributed by atoms with Crippen molar-refractivity contribution in [3.63, 3.8) is 0 Å². The highest BCUT2D eigenvalue weighted by molar-refractivity contribution is 5.24. The third-order valence-electron chi connectivity index (χ3n) is 3.32. The Balaban J connectivity index is 2.14. The average Bonchev–Trinajstić information content (AvgIpc) is 2.31. The molecule has 1 heterocycles. The summed E-state index contributed by atoms with van der Waals surface area (Å²) in [5.74, 6) is 0. The van der Waals surface area contributed by atoms with Crippen molar-refractivity contribution in [2.24, 2.45) is 0 Å². The van der Waals surface area contributed by atoms with Crippen LogP contribution in [-0.2, 0) is 4.74 Å². The molecule has 3 unspecified atom stereocenters. The van der Waals surface area contributed by atoms with Gasteiger partial charge in [-0.25, -0.2) is 0 Å². The molecule has 2 rings (SSSR count). The summed E-state index contributed by atoms with van der Waals surface area (Å²) in [6, 6.07) is 9.06. The molecule has 0 spiro atoms. The maximum atomic E-state index is 6.11. The summed E-state index contributed by atoms with van der Waals surface area (Å²) in [6.07, 6.45) is 1.61. The van der Waals surface area contributed by atoms with Crippen LogP contribution in [0, 0.1) is 6.92 Å². The van der Waals surface area contributed by atoms with Gasteiger partial charge in [0.1, 0.15) is 0 Å². The molecule has 1 N–H and O–H groups in total. The second-order valence-electron chi connectivity index (χ2n) is 4.69. The molecule has 1 aliphatic heterocycles. The van der Waals surface area contributed by atoms with Crippen molar-refractivity contribution >= 4 is 0 Å². The zero-order valence-corrected chi connectivity index (χ0v) is 10.4. The van der Waals surface area contributed by atoms with Crippen LogP contribution in [0.1, 0.15) is 37.5 Å². The third-order valence-corrected chi connectivity index (χ3v) is 3.32. The summed E-state index contributed by atoms with van der Waals surface area (Å²) in [6.45, 7) is 7.45. The fraction of sp³-hybridized carbons (Fsp3) is 0.571. The molecule has 1 fully saturated rings. The lowest BCUT2D eigenvalue weighted by atomic mass is 9.99. The third kappa shape index (κ3) is 2.45. The minimum atomic E-state index is 0.194. The molecule has 2 nitrogen and oxygen atoms in total. The Bertz CT molecular complexity index is 333. The molecular formula is C14H21NO. The number of morpholine rings is 1. The van der Waals surface area contributed by atoms with Gasteiger partial charge in [-0.3, -0.25) is 0 Å². The number of hydrogen-bond acceptors (Lipinski definition) is 2. The summed E-state index contributed by atoms with van der Waals surface area (Å²) >= 11 is 0. The normalized spacial score (nSPS) is 30.3. The van der Waals surface area contributed by atoms with Crippen LogP contribution < -0.4 is 5.32 Å². The Morgan fingerprint density at radius 2 is 2.00 bits per heavy atom. The molecule has 88 valence electrons. The molecule has 16 heavy (non-hydrogen) atoms. The van der Waals surface area contributed by atoms with E-state index in [0.29, 0.717) is 12.1 Å². The largest absolute Gasteiger partial charge is 0.367 e. The first-order valence-corrected chi connectivity index (χ1v) is 6.16. The number of benzene rings is 1. The standard InChI is InChI=1S/C14H21NO/c1-4-13-9-15-11(3)14(16-13)12-7-5-10(2)6-8-12/h5-8,11,13-15H,4,9H2,1-3H3. The maximum absolute atomic E-state index is 6.11. The number of ether oxygens (including phenoxy) is 1. The van der Waals surface area contributed by atoms with E-state index in [1.165, 1.54) is 11.1 Å². The van der Waals surface area contributed by atoms with Gasteiger partial charge in [0.25, 0.3) is 0 Å². The fourth-order valence-electron chi connectivity index (χ4n) is 2.16. The van der Waals surface area contributed by atoms with Gasteiger partial charge < -0.3 is 10.1 Å². The van der Waals surface area contributed by atoms with Gasteiger partial charge in [-0.1, -0.05) is 36.8 Å². The molecule has 0 amide bonds. The Kier molecular flexibility index (Phi) is 3.62. The van der Waals surface area contributed by atoms with Gasteiger partial charge in [0.2, 0.25) is 0 Å². The Labute approximate surface area is 98.0 Å². The Hall–Kier alpha value is -0.860. The van der Waals surface area contributed by atoms with Crippen molar-refractivity contribution < 1.29 is 4.74 Å². The first-order chi connectivity index (χ1) is 7.70. The Morgan fingerprint density at radius 3 is 2.62 bits per heavy atom. The van der Waals surface area contributed by atoms with Gasteiger partial charge >= 0.3 is 0 Å². The van der Waals surface area contributed by atoms with E-state index in [-0.39, 0.29) is 6.10 Å². The molecule has 0 radical (unpaired) electrons. The van der Waals surface area contributed by atoms with E-state index < -0.39 is 0 Å². The van der Waals surface area contributed by atoms with Crippen LogP contribution >= 0.6 is 0 Å². The summed E-state index contributed by atoms with van der Waals surface area (Å²) in [5.41, 5.74) is 2.58. The lowest BCUT2D eigenvalue weighted by Crippen LogP contribution is -2.46. The molecule has 0 aromatic heterocycles. The van der Waals surface area contributed by atoms with Crippen LogP contribution in [-0.4, -0.2) is 18.7 Å². The SMILES string of the molecule is CCC1CNC(C)C(c2ccc(C)cc2)O1. The molecule has 0 bridgehead atoms.